The van der Waals surface area contributed by atoms with Crippen molar-refractivity contribution in [3.63, 3.8) is 0 Å². The molecule has 1 rings (SSSR count). The third kappa shape index (κ3) is 56.0. The quantitative estimate of drug-likeness (QED) is 0.0440. The van der Waals surface area contributed by atoms with Crippen molar-refractivity contribution in [3.8, 4) is 0 Å². The van der Waals surface area contributed by atoms with Crippen LogP contribution < -0.4 is 0 Å². The van der Waals surface area contributed by atoms with Crippen molar-refractivity contribution in [3.05, 3.63) is 0 Å². The van der Waals surface area contributed by atoms with Crippen LogP contribution in [-0.4, -0.2) is 44.3 Å². The lowest BCUT2D eigenvalue weighted by Gasteiger charge is -2.70. The average molecular weight is 1540 g/mol. The van der Waals surface area contributed by atoms with Crippen LogP contribution in [0.4, 0.5) is 0 Å². The predicted molar refractivity (Wildman–Crippen MR) is 474 cm³/mol. The summed E-state index contributed by atoms with van der Waals surface area (Å²) < 4.78 is 0. The fourth-order valence-electron chi connectivity index (χ4n) is 21.4. The molecule has 0 spiro atoms. The van der Waals surface area contributed by atoms with E-state index in [4.69, 9.17) is 20.4 Å². The Balaban J connectivity index is 4.21. The summed E-state index contributed by atoms with van der Waals surface area (Å²) in [5.74, 6) is -2.61. The molecule has 0 saturated heterocycles. The second kappa shape index (κ2) is 77.1. The maximum absolute atomic E-state index is 11.1. The Hall–Kier alpha value is -2.12. The molecule has 0 aromatic heterocycles. The molecule has 0 aromatic carbocycles. The SMILES string of the molecule is CCCCCCCCC1(CCCCCCCC)CCCCC(CCCCCCCCCCCCCCCC(=O)O)(CCCCCCCCCCCCCCCC(=O)O)C(CCCCCCCCCCCCCCCC(=O)O)(CCCCCCCCCCCCCCCC(=O)O)C1(CCCCC)CCCCCCCC. The van der Waals surface area contributed by atoms with Gasteiger partial charge in [-0.15, -0.1) is 0 Å². The molecule has 1 saturated carbocycles. The summed E-state index contributed by atoms with van der Waals surface area (Å²) >= 11 is 0. The van der Waals surface area contributed by atoms with Gasteiger partial charge in [0.25, 0.3) is 0 Å². The van der Waals surface area contributed by atoms with E-state index in [9.17, 15) is 19.2 Å². The van der Waals surface area contributed by atoms with Gasteiger partial charge in [-0.3, -0.25) is 19.2 Å². The molecule has 109 heavy (non-hydrogen) atoms. The third-order valence-electron chi connectivity index (χ3n) is 27.8. The van der Waals surface area contributed by atoms with Crippen molar-refractivity contribution in [2.24, 2.45) is 21.7 Å². The normalized spacial score (nSPS) is 15.6. The minimum absolute atomic E-state index is 0.320. The number of unbranched alkanes of at least 4 members (excludes halogenated alkanes) is 65. The first kappa shape index (κ1) is 105. The van der Waals surface area contributed by atoms with Crippen molar-refractivity contribution in [1.29, 1.82) is 0 Å². The van der Waals surface area contributed by atoms with Crippen LogP contribution in [0.1, 0.15) is 599 Å². The highest BCUT2D eigenvalue weighted by atomic mass is 16.4. The molecule has 0 heterocycles. The molecule has 0 aliphatic heterocycles. The second-order valence-corrected chi connectivity index (χ2v) is 36.9. The maximum atomic E-state index is 11.1. The highest BCUT2D eigenvalue weighted by molar-refractivity contribution is 5.67. The van der Waals surface area contributed by atoms with Crippen LogP contribution in [0.15, 0.2) is 0 Å². The van der Waals surface area contributed by atoms with Crippen LogP contribution in [0.5, 0.6) is 0 Å². The number of hydrogen-bond acceptors (Lipinski definition) is 4. The molecule has 4 N–H and O–H groups in total. The molecular formula is C101H194O8. The van der Waals surface area contributed by atoms with E-state index in [-0.39, 0.29) is 0 Å². The maximum Gasteiger partial charge on any atom is 0.303 e. The van der Waals surface area contributed by atoms with Gasteiger partial charge in [-0.05, 0) is 112 Å². The van der Waals surface area contributed by atoms with Gasteiger partial charge >= 0.3 is 23.9 Å². The summed E-state index contributed by atoms with van der Waals surface area (Å²) in [6.07, 6.45) is 116. The number of aliphatic carboxylic acids is 4. The Morgan fingerprint density at radius 2 is 0.294 bits per heavy atom. The second-order valence-electron chi connectivity index (χ2n) is 36.9. The number of carbonyl (C=O) groups is 4. The van der Waals surface area contributed by atoms with Gasteiger partial charge in [-0.25, -0.2) is 0 Å². The molecule has 1 aliphatic rings. The van der Waals surface area contributed by atoms with Gasteiger partial charge in [0.2, 0.25) is 0 Å². The fraction of sp³-hybridized carbons (Fsp3) is 0.960. The summed E-state index contributed by atoms with van der Waals surface area (Å²) in [5.41, 5.74) is 1.43. The summed E-state index contributed by atoms with van der Waals surface area (Å²) in [5, 5.41) is 36.5. The first-order chi connectivity index (χ1) is 53.4. The summed E-state index contributed by atoms with van der Waals surface area (Å²) in [7, 11) is 0. The Kier molecular flexibility index (Phi) is 74.2. The van der Waals surface area contributed by atoms with Crippen molar-refractivity contribution >= 4 is 23.9 Å². The lowest BCUT2D eigenvalue weighted by molar-refractivity contribution is -0.212. The van der Waals surface area contributed by atoms with Gasteiger partial charge in [-0.1, -0.05) is 484 Å². The number of carboxylic acids is 4. The van der Waals surface area contributed by atoms with Crippen LogP contribution >= 0.6 is 0 Å². The molecule has 0 aromatic rings. The minimum atomic E-state index is -0.652. The van der Waals surface area contributed by atoms with E-state index in [1.165, 1.54) is 494 Å². The van der Waals surface area contributed by atoms with Gasteiger partial charge in [0.05, 0.1) is 0 Å². The molecule has 0 radical (unpaired) electrons. The molecule has 646 valence electrons. The van der Waals surface area contributed by atoms with Gasteiger partial charge < -0.3 is 20.4 Å². The highest BCUT2D eigenvalue weighted by Gasteiger charge is 2.66. The standard InChI is InChI=1S/C101H194O8/c1-5-9-13-16-59-71-84-98(85-72-60-17-14-10-6-2)88-78-79-89-99(86-73-61-51-43-35-27-19-23-31-39-47-55-66-80-94(102)103,87-74-62-52-44-36-28-20-24-32-40-48-56-67-81-95(104)105)101(100(98,90-70-12-8-4)91-75-63-18-15-11-7-3,92-76-64-53-45-37-29-21-25-33-41-49-57-68-82-96(106)107)93-77-65-54-46-38-30-22-26-34-42-50-58-69-83-97(108)109/h5-93H2,1-4H3,(H,102,103)(H,104,105)(H,106,107)(H,108,109). The molecule has 1 fully saturated rings. The summed E-state index contributed by atoms with van der Waals surface area (Å²) in [6.45, 7) is 9.78. The summed E-state index contributed by atoms with van der Waals surface area (Å²) in [6, 6.07) is 0. The lowest BCUT2D eigenvalue weighted by Crippen LogP contribution is -2.62. The predicted octanol–water partition coefficient (Wildman–Crippen LogP) is 35.1. The van der Waals surface area contributed by atoms with Crippen molar-refractivity contribution < 1.29 is 39.6 Å². The summed E-state index contributed by atoms with van der Waals surface area (Å²) in [4.78, 5) is 44.3. The van der Waals surface area contributed by atoms with E-state index < -0.39 is 23.9 Å². The molecule has 1 unspecified atom stereocenters. The molecular weight excluding hydrogens is 1340 g/mol. The van der Waals surface area contributed by atoms with Gasteiger partial charge in [0.15, 0.2) is 0 Å². The van der Waals surface area contributed by atoms with E-state index in [0.29, 0.717) is 47.3 Å². The van der Waals surface area contributed by atoms with Crippen LogP contribution in [0.3, 0.4) is 0 Å². The highest BCUT2D eigenvalue weighted by Crippen LogP contribution is 2.75. The average Bonchev–Trinajstić information content (AvgIpc) is 0.692. The van der Waals surface area contributed by atoms with Crippen LogP contribution in [0, 0.1) is 21.7 Å². The fourth-order valence-corrected chi connectivity index (χ4v) is 21.4. The van der Waals surface area contributed by atoms with Gasteiger partial charge in [-0.2, -0.15) is 0 Å². The zero-order chi connectivity index (χ0) is 79.2. The molecule has 0 amide bonds. The van der Waals surface area contributed by atoms with Crippen LogP contribution in [-0.2, 0) is 19.2 Å². The van der Waals surface area contributed by atoms with Gasteiger partial charge in [0, 0.05) is 25.7 Å². The van der Waals surface area contributed by atoms with E-state index >= 15 is 0 Å². The Bertz CT molecular complexity index is 1860. The molecule has 8 heteroatoms. The Morgan fingerprint density at radius 3 is 0.450 bits per heavy atom. The van der Waals surface area contributed by atoms with Gasteiger partial charge in [0.1, 0.15) is 0 Å². The molecule has 1 atom stereocenters. The number of rotatable bonds is 89. The molecule has 1 aliphatic carbocycles. The van der Waals surface area contributed by atoms with Crippen molar-refractivity contribution in [2.45, 2.75) is 599 Å². The Labute approximate surface area is 680 Å². The monoisotopic (exact) mass is 1540 g/mol. The van der Waals surface area contributed by atoms with E-state index in [1.54, 1.807) is 0 Å². The van der Waals surface area contributed by atoms with Crippen LogP contribution in [0.2, 0.25) is 0 Å². The third-order valence-corrected chi connectivity index (χ3v) is 27.8. The van der Waals surface area contributed by atoms with E-state index in [2.05, 4.69) is 27.7 Å². The number of carboxylic acid groups (broad SMARTS) is 4. The first-order valence-corrected chi connectivity index (χ1v) is 50.2. The van der Waals surface area contributed by atoms with Crippen molar-refractivity contribution in [2.75, 3.05) is 0 Å². The van der Waals surface area contributed by atoms with Crippen molar-refractivity contribution in [1.82, 2.24) is 0 Å². The topological polar surface area (TPSA) is 149 Å². The molecule has 8 nitrogen and oxygen atoms in total. The van der Waals surface area contributed by atoms with Crippen LogP contribution in [0.25, 0.3) is 0 Å². The smallest absolute Gasteiger partial charge is 0.303 e. The number of hydrogen-bond donors (Lipinski definition) is 4. The molecule has 0 bridgehead atoms. The minimum Gasteiger partial charge on any atom is -0.481 e. The zero-order valence-corrected chi connectivity index (χ0v) is 74.4. The Morgan fingerprint density at radius 1 is 0.174 bits per heavy atom. The van der Waals surface area contributed by atoms with E-state index in [0.717, 1.165) is 51.4 Å². The first-order valence-electron chi connectivity index (χ1n) is 50.2. The zero-order valence-electron chi connectivity index (χ0n) is 74.4. The largest absolute Gasteiger partial charge is 0.481 e. The van der Waals surface area contributed by atoms with E-state index in [1.807, 2.05) is 0 Å². The lowest BCUT2D eigenvalue weighted by atomic mass is 9.34.